The van der Waals surface area contributed by atoms with E-state index in [0.717, 1.165) is 30.3 Å². The number of ether oxygens (including phenoxy) is 1. The number of aryl methyl sites for hydroxylation is 1. The Bertz CT molecular complexity index is 1270. The Morgan fingerprint density at radius 2 is 1.57 bits per heavy atom. The average molecular weight is 549 g/mol. The standard InChI is InChI=1S/C32H44N4O4/c1-40-32(39)29-14-9-19-34(29)30(37)18-17-27-31(38)36(28-13-8-7-12-26(28)33-27)25-20-23-15-16-24(21-25)35(23)22-10-5-3-2-4-6-11-22/h7-8,12-13,22-25,29H,2-6,9-11,14-21H2,1H3/t23-,24+,25?,29-/m0/s1. The zero-order chi connectivity index (χ0) is 27.6. The van der Waals surface area contributed by atoms with Crippen molar-refractivity contribution in [3.63, 3.8) is 0 Å². The first kappa shape index (κ1) is 27.4. The second kappa shape index (κ2) is 12.0. The van der Waals surface area contributed by atoms with Gasteiger partial charge in [-0.3, -0.25) is 14.5 Å². The second-order valence-electron chi connectivity index (χ2n) is 12.4. The molecule has 4 atom stereocenters. The molecule has 1 aliphatic carbocycles. The molecule has 6 rings (SSSR count). The summed E-state index contributed by atoms with van der Waals surface area (Å²) in [4.78, 5) is 48.5. The first-order chi connectivity index (χ1) is 19.5. The number of aromatic nitrogens is 2. The molecular formula is C32H44N4O4. The van der Waals surface area contributed by atoms with E-state index in [1.54, 1.807) is 4.90 Å². The van der Waals surface area contributed by atoms with Gasteiger partial charge in [0, 0.05) is 43.6 Å². The van der Waals surface area contributed by atoms with Crippen LogP contribution in [-0.2, 0) is 20.7 Å². The third kappa shape index (κ3) is 5.31. The Hall–Kier alpha value is -2.74. The number of para-hydroxylation sites is 2. The van der Waals surface area contributed by atoms with Gasteiger partial charge in [-0.15, -0.1) is 0 Å². The third-order valence-corrected chi connectivity index (χ3v) is 10.1. The molecule has 1 aromatic heterocycles. The van der Waals surface area contributed by atoms with Crippen molar-refractivity contribution in [2.45, 2.75) is 127 Å². The number of methoxy groups -OCH3 is 1. The molecule has 4 fully saturated rings. The largest absolute Gasteiger partial charge is 0.467 e. The fourth-order valence-corrected chi connectivity index (χ4v) is 8.27. The maximum absolute atomic E-state index is 14.0. The lowest BCUT2D eigenvalue weighted by atomic mass is 9.89. The highest BCUT2D eigenvalue weighted by atomic mass is 16.5. The monoisotopic (exact) mass is 548 g/mol. The average Bonchev–Trinajstić information content (AvgIpc) is 3.53. The summed E-state index contributed by atoms with van der Waals surface area (Å²) < 4.78 is 6.93. The summed E-state index contributed by atoms with van der Waals surface area (Å²) in [7, 11) is 1.36. The molecule has 2 aromatic rings. The van der Waals surface area contributed by atoms with Gasteiger partial charge in [0.2, 0.25) is 5.91 Å². The van der Waals surface area contributed by atoms with E-state index in [1.807, 2.05) is 28.8 Å². The van der Waals surface area contributed by atoms with Crippen LogP contribution in [0.5, 0.6) is 0 Å². The first-order valence-corrected chi connectivity index (χ1v) is 15.7. The molecule has 0 spiro atoms. The van der Waals surface area contributed by atoms with Gasteiger partial charge in [-0.25, -0.2) is 9.78 Å². The van der Waals surface area contributed by atoms with Crippen LogP contribution < -0.4 is 5.56 Å². The first-order valence-electron chi connectivity index (χ1n) is 15.7. The van der Waals surface area contributed by atoms with Crippen LogP contribution in [-0.4, -0.2) is 69.0 Å². The lowest BCUT2D eigenvalue weighted by Crippen LogP contribution is -2.50. The van der Waals surface area contributed by atoms with Gasteiger partial charge >= 0.3 is 5.97 Å². The molecule has 1 aromatic carbocycles. The van der Waals surface area contributed by atoms with Gasteiger partial charge < -0.3 is 14.2 Å². The summed E-state index contributed by atoms with van der Waals surface area (Å²) in [6.07, 6.45) is 15.8. The molecule has 40 heavy (non-hydrogen) atoms. The lowest BCUT2D eigenvalue weighted by Gasteiger charge is -2.45. The minimum atomic E-state index is -0.516. The van der Waals surface area contributed by atoms with Gasteiger partial charge in [-0.05, 0) is 63.5 Å². The zero-order valence-corrected chi connectivity index (χ0v) is 23.9. The number of carbonyl (C=O) groups is 2. The van der Waals surface area contributed by atoms with Crippen LogP contribution in [0, 0.1) is 0 Å². The second-order valence-corrected chi connectivity index (χ2v) is 12.4. The van der Waals surface area contributed by atoms with E-state index >= 15 is 0 Å². The molecule has 8 heteroatoms. The number of hydrogen-bond acceptors (Lipinski definition) is 6. The molecule has 2 bridgehead atoms. The smallest absolute Gasteiger partial charge is 0.328 e. The molecule has 0 N–H and O–H groups in total. The predicted molar refractivity (Wildman–Crippen MR) is 154 cm³/mol. The number of esters is 1. The fourth-order valence-electron chi connectivity index (χ4n) is 8.27. The van der Waals surface area contributed by atoms with Gasteiger partial charge in [0.1, 0.15) is 11.7 Å². The van der Waals surface area contributed by atoms with Crippen molar-refractivity contribution in [2.24, 2.45) is 0 Å². The molecule has 1 saturated carbocycles. The number of carbonyl (C=O) groups excluding carboxylic acids is 2. The van der Waals surface area contributed by atoms with Crippen LogP contribution in [0.1, 0.15) is 102 Å². The van der Waals surface area contributed by atoms with E-state index in [-0.39, 0.29) is 36.3 Å². The predicted octanol–water partition coefficient (Wildman–Crippen LogP) is 4.77. The van der Waals surface area contributed by atoms with Gasteiger partial charge in [-0.1, -0.05) is 44.2 Å². The van der Waals surface area contributed by atoms with Crippen LogP contribution in [0.2, 0.25) is 0 Å². The topological polar surface area (TPSA) is 84.7 Å². The summed E-state index contributed by atoms with van der Waals surface area (Å²) in [5.74, 6) is -0.475. The van der Waals surface area contributed by atoms with Crippen molar-refractivity contribution in [1.29, 1.82) is 0 Å². The van der Waals surface area contributed by atoms with Crippen molar-refractivity contribution >= 4 is 22.9 Å². The Balaban J connectivity index is 1.23. The molecule has 216 valence electrons. The minimum absolute atomic E-state index is 0.0544. The maximum atomic E-state index is 14.0. The molecule has 4 aliphatic rings. The molecule has 3 saturated heterocycles. The number of nitrogens with zero attached hydrogens (tertiary/aromatic N) is 4. The fraction of sp³-hybridized carbons (Fsp3) is 0.688. The van der Waals surface area contributed by atoms with E-state index in [2.05, 4.69) is 4.90 Å². The normalized spacial score (nSPS) is 28.0. The highest BCUT2D eigenvalue weighted by Gasteiger charge is 2.44. The Kier molecular flexibility index (Phi) is 8.24. The van der Waals surface area contributed by atoms with E-state index < -0.39 is 6.04 Å². The Labute approximate surface area is 237 Å². The minimum Gasteiger partial charge on any atom is -0.467 e. The van der Waals surface area contributed by atoms with Crippen LogP contribution in [0.15, 0.2) is 29.1 Å². The Morgan fingerprint density at radius 3 is 2.30 bits per heavy atom. The summed E-state index contributed by atoms with van der Waals surface area (Å²) >= 11 is 0. The molecule has 3 aliphatic heterocycles. The third-order valence-electron chi connectivity index (χ3n) is 10.1. The van der Waals surface area contributed by atoms with Crippen LogP contribution in [0.4, 0.5) is 0 Å². The highest BCUT2D eigenvalue weighted by Crippen LogP contribution is 2.44. The lowest BCUT2D eigenvalue weighted by molar-refractivity contribution is -0.150. The summed E-state index contributed by atoms with van der Waals surface area (Å²) in [6.45, 7) is 0.552. The van der Waals surface area contributed by atoms with Crippen LogP contribution in [0.3, 0.4) is 0 Å². The van der Waals surface area contributed by atoms with Crippen molar-refractivity contribution in [2.75, 3.05) is 13.7 Å². The van der Waals surface area contributed by atoms with E-state index in [1.165, 1.54) is 64.9 Å². The van der Waals surface area contributed by atoms with E-state index in [4.69, 9.17) is 9.72 Å². The molecule has 0 radical (unpaired) electrons. The molecular weight excluding hydrogens is 504 g/mol. The SMILES string of the molecule is COC(=O)[C@@H]1CCCN1C(=O)CCc1nc2ccccc2n(C2C[C@H]3CC[C@@H](C2)N3C2CCCCCCC2)c1=O. The summed E-state index contributed by atoms with van der Waals surface area (Å²) in [6, 6.07) is 9.37. The summed E-state index contributed by atoms with van der Waals surface area (Å²) in [5.41, 5.74) is 2.11. The molecule has 8 nitrogen and oxygen atoms in total. The van der Waals surface area contributed by atoms with Crippen molar-refractivity contribution in [3.05, 3.63) is 40.3 Å². The number of fused-ring (bicyclic) bond motifs is 3. The molecule has 1 unspecified atom stereocenters. The number of benzene rings is 1. The number of amides is 1. The zero-order valence-electron chi connectivity index (χ0n) is 23.9. The number of rotatable bonds is 6. The van der Waals surface area contributed by atoms with Gasteiger partial charge in [0.15, 0.2) is 0 Å². The van der Waals surface area contributed by atoms with E-state index in [9.17, 15) is 14.4 Å². The van der Waals surface area contributed by atoms with Gasteiger partial charge in [0.25, 0.3) is 5.56 Å². The maximum Gasteiger partial charge on any atom is 0.328 e. The number of likely N-dealkylation sites (tertiary alicyclic amines) is 1. The van der Waals surface area contributed by atoms with Gasteiger partial charge in [0.05, 0.1) is 18.1 Å². The van der Waals surface area contributed by atoms with Crippen molar-refractivity contribution in [3.8, 4) is 0 Å². The number of piperidine rings is 1. The Morgan fingerprint density at radius 1 is 0.875 bits per heavy atom. The van der Waals surface area contributed by atoms with Crippen molar-refractivity contribution in [1.82, 2.24) is 19.4 Å². The van der Waals surface area contributed by atoms with Crippen LogP contribution in [0.25, 0.3) is 11.0 Å². The molecule has 4 heterocycles. The van der Waals surface area contributed by atoms with Crippen LogP contribution >= 0.6 is 0 Å². The van der Waals surface area contributed by atoms with E-state index in [0.29, 0.717) is 36.8 Å². The van der Waals surface area contributed by atoms with Crippen molar-refractivity contribution < 1.29 is 14.3 Å². The van der Waals surface area contributed by atoms with Gasteiger partial charge in [-0.2, -0.15) is 0 Å². The highest BCUT2D eigenvalue weighted by molar-refractivity contribution is 5.85. The number of hydrogen-bond donors (Lipinski definition) is 0. The summed E-state index contributed by atoms with van der Waals surface area (Å²) in [5, 5.41) is 0. The molecule has 1 amide bonds. The quantitative estimate of drug-likeness (QED) is 0.484.